The van der Waals surface area contributed by atoms with Crippen molar-refractivity contribution in [1.82, 2.24) is 0 Å². The summed E-state index contributed by atoms with van der Waals surface area (Å²) in [6.07, 6.45) is 2.31. The third-order valence-electron chi connectivity index (χ3n) is 10.1. The van der Waals surface area contributed by atoms with Gasteiger partial charge in [-0.05, 0) is 166 Å². The lowest BCUT2D eigenvalue weighted by molar-refractivity contribution is 0.0516. The van der Waals surface area contributed by atoms with Crippen LogP contribution in [0.25, 0.3) is 0 Å². The Labute approximate surface area is 402 Å². The predicted octanol–water partition coefficient (Wildman–Crippen LogP) is 14.5. The number of hydrogen-bond donors (Lipinski definition) is 0. The topological polar surface area (TPSA) is 171 Å². The number of aryl methyl sites for hydroxylation is 3. The van der Waals surface area contributed by atoms with Gasteiger partial charge < -0.3 is 41.4 Å². The van der Waals surface area contributed by atoms with Gasteiger partial charge in [0.05, 0.1) is 36.5 Å². The molecule has 7 rings (SSSR count). The fraction of sp³-hybridized carbons (Fsp3) is 0.235. The van der Waals surface area contributed by atoms with Gasteiger partial charge in [-0.3, -0.25) is 0 Å². The van der Waals surface area contributed by atoms with Crippen LogP contribution in [0, 0.1) is 0 Å². The van der Waals surface area contributed by atoms with Gasteiger partial charge in [-0.1, -0.05) is 70.7 Å². The average Bonchev–Trinajstić information content (AvgIpc) is 3.35. The number of nitrogens with zero attached hydrogens (tertiary/aromatic N) is 3. The van der Waals surface area contributed by atoms with Crippen LogP contribution in [-0.2, 0) is 33.5 Å². The lowest BCUT2D eigenvalue weighted by Gasteiger charge is -2.33. The van der Waals surface area contributed by atoms with E-state index in [1.807, 2.05) is 57.2 Å². The molecule has 1 atom stereocenters. The zero-order valence-corrected chi connectivity index (χ0v) is 41.9. The molecule has 1 heterocycles. The third-order valence-corrected chi connectivity index (χ3v) is 18.2. The van der Waals surface area contributed by atoms with Crippen LogP contribution in [0.15, 0.2) is 159 Å². The number of ether oxygens (including phenoxy) is 3. The van der Waals surface area contributed by atoms with Crippen molar-refractivity contribution >= 4 is 40.9 Å². The molecule has 0 N–H and O–H groups in total. The number of carbonyl (C=O) groups is 3. The molecule has 0 saturated carbocycles. The molecule has 0 amide bonds. The van der Waals surface area contributed by atoms with Crippen LogP contribution in [-0.4, -0.2) is 37.7 Å². The van der Waals surface area contributed by atoms with Gasteiger partial charge in [0, 0.05) is 0 Å². The Morgan fingerprint density at radius 2 is 0.507 bits per heavy atom. The Morgan fingerprint density at radius 1 is 0.319 bits per heavy atom. The van der Waals surface area contributed by atoms with E-state index in [0.29, 0.717) is 17.2 Å². The molecule has 69 heavy (non-hydrogen) atoms. The first-order valence-electron chi connectivity index (χ1n) is 22.6. The van der Waals surface area contributed by atoms with Gasteiger partial charge in [0.2, 0.25) is 0 Å². The highest BCUT2D eigenvalue weighted by molar-refractivity contribution is 7.79. The molecule has 15 nitrogen and oxygen atoms in total. The number of esters is 3. The van der Waals surface area contributed by atoms with Crippen LogP contribution in [0.4, 0.5) is 0 Å². The Morgan fingerprint density at radius 3 is 0.681 bits per heavy atom. The third kappa shape index (κ3) is 13.1. The van der Waals surface area contributed by atoms with Crippen molar-refractivity contribution in [3.63, 3.8) is 0 Å². The van der Waals surface area contributed by atoms with Gasteiger partial charge in [0.15, 0.2) is 0 Å². The molecule has 0 aliphatic carbocycles. The molecule has 0 fully saturated rings. The summed E-state index contributed by atoms with van der Waals surface area (Å²) in [6.45, 7) is 11.9. The van der Waals surface area contributed by atoms with Crippen LogP contribution in [0.5, 0.6) is 34.5 Å². The van der Waals surface area contributed by atoms with Crippen molar-refractivity contribution in [1.29, 1.82) is 0 Å². The quantitative estimate of drug-likeness (QED) is 0.0380. The van der Waals surface area contributed by atoms with E-state index < -0.39 is 40.9 Å². The zero-order chi connectivity index (χ0) is 48.9. The van der Waals surface area contributed by atoms with E-state index in [-0.39, 0.29) is 53.8 Å². The molecule has 1 unspecified atom stereocenters. The molecule has 6 aromatic rings. The highest BCUT2D eigenvalue weighted by atomic mass is 31.3. The summed E-state index contributed by atoms with van der Waals surface area (Å²) in [5.74, 6) is 0.00260. The highest BCUT2D eigenvalue weighted by Gasteiger charge is 2.49. The number of carbonyl (C=O) groups excluding carboxylic acids is 3. The monoisotopic (exact) mass is 993 g/mol. The van der Waals surface area contributed by atoms with Crippen molar-refractivity contribution < 1.29 is 55.7 Å². The second-order valence-corrected chi connectivity index (χ2v) is 21.2. The minimum Gasteiger partial charge on any atom is -0.462 e. The molecular formula is C51H54N3O12P3. The zero-order valence-electron chi connectivity index (χ0n) is 39.2. The standard InChI is InChI=1S/C51H54N3O12P3/c1-7-37-13-25-43(26-14-37)61-67(62-44-27-15-38(8-2)16-28-44)52-68(63-45-29-17-39(9-3)18-30-45,64-46-31-19-40(20-32-46)49(55)58-10-4)54-69(53-67,65-47-33-21-41(22-34-47)50(56)59-11-5)66-48-35-23-42(24-36-48)51(57)60-12-6/h13-36H,7-12H2,1-6H3. The summed E-state index contributed by atoms with van der Waals surface area (Å²) in [5, 5.41) is 0. The second-order valence-electron chi connectivity index (χ2n) is 15.0. The molecule has 0 bridgehead atoms. The summed E-state index contributed by atoms with van der Waals surface area (Å²) in [5.41, 5.74) is 3.98. The smallest absolute Gasteiger partial charge is 0.460 e. The maximum absolute atomic E-state index is 12.8. The van der Waals surface area contributed by atoms with E-state index in [4.69, 9.17) is 54.9 Å². The van der Waals surface area contributed by atoms with E-state index in [1.165, 1.54) is 0 Å². The predicted molar refractivity (Wildman–Crippen MR) is 266 cm³/mol. The van der Waals surface area contributed by atoms with E-state index in [1.54, 1.807) is 130 Å². The van der Waals surface area contributed by atoms with Crippen LogP contribution < -0.4 is 27.1 Å². The van der Waals surface area contributed by atoms with Crippen molar-refractivity contribution in [3.8, 4) is 34.5 Å². The first-order chi connectivity index (χ1) is 33.4. The molecule has 0 spiro atoms. The van der Waals surface area contributed by atoms with E-state index in [2.05, 4.69) is 0 Å². The highest BCUT2D eigenvalue weighted by Crippen LogP contribution is 2.78. The molecule has 1 aliphatic heterocycles. The number of hydrogen-bond acceptors (Lipinski definition) is 15. The van der Waals surface area contributed by atoms with Gasteiger partial charge >= 0.3 is 40.9 Å². The molecule has 360 valence electrons. The Balaban J connectivity index is 1.55. The van der Waals surface area contributed by atoms with Crippen molar-refractivity contribution in [3.05, 3.63) is 179 Å². The molecule has 6 aromatic carbocycles. The SMILES string of the molecule is CCOC(=O)c1ccc(OP2(Oc3ccc(CC)cc3)=NP(Oc3ccc(CC)cc3)(Oc3ccc(CC)cc3)=NP(Oc3ccc(C(=O)OCC)cc3)(Oc3ccc(C(=O)OCC)cc3)=N2)cc1. The summed E-state index contributed by atoms with van der Waals surface area (Å²) < 4.78 is 73.3. The molecule has 0 aromatic heterocycles. The maximum atomic E-state index is 12.8. The fourth-order valence-electron chi connectivity index (χ4n) is 6.54. The Bertz CT molecular complexity index is 2770. The number of rotatable bonds is 21. The fourth-order valence-corrected chi connectivity index (χ4v) is 15.6. The normalized spacial score (nSPS) is 15.4. The first kappa shape index (κ1) is 50.1. The van der Waals surface area contributed by atoms with Crippen molar-refractivity contribution in [2.75, 3.05) is 19.8 Å². The second kappa shape index (κ2) is 23.0. The average molecular weight is 994 g/mol. The van der Waals surface area contributed by atoms with Gasteiger partial charge in [-0.25, -0.2) is 14.4 Å². The van der Waals surface area contributed by atoms with Crippen molar-refractivity contribution in [2.45, 2.75) is 60.8 Å². The first-order valence-corrected chi connectivity index (χ1v) is 27.2. The van der Waals surface area contributed by atoms with Crippen LogP contribution in [0.1, 0.15) is 89.3 Å². The summed E-state index contributed by atoms with van der Waals surface area (Å²) >= 11 is 0. The Hall–Kier alpha value is -6.78. The summed E-state index contributed by atoms with van der Waals surface area (Å²) in [4.78, 5) is 38.4. The van der Waals surface area contributed by atoms with E-state index in [0.717, 1.165) is 36.0 Å². The van der Waals surface area contributed by atoms with Gasteiger partial charge in [0.1, 0.15) is 34.5 Å². The maximum Gasteiger partial charge on any atom is 0.460 e. The molecular weight excluding hydrogens is 939 g/mol. The van der Waals surface area contributed by atoms with Crippen LogP contribution >= 0.6 is 23.0 Å². The molecule has 1 aliphatic rings. The molecule has 18 heteroatoms. The molecule has 0 radical (unpaired) electrons. The largest absolute Gasteiger partial charge is 0.462 e. The lowest BCUT2D eigenvalue weighted by atomic mass is 10.2. The van der Waals surface area contributed by atoms with Crippen molar-refractivity contribution in [2.24, 2.45) is 13.5 Å². The van der Waals surface area contributed by atoms with Crippen LogP contribution in [0.2, 0.25) is 0 Å². The van der Waals surface area contributed by atoms with Gasteiger partial charge in [-0.15, -0.1) is 0 Å². The summed E-state index contributed by atoms with van der Waals surface area (Å²) in [7, 11) is -12.9. The van der Waals surface area contributed by atoms with E-state index in [9.17, 15) is 14.4 Å². The molecule has 0 saturated heterocycles. The van der Waals surface area contributed by atoms with Gasteiger partial charge in [-0.2, -0.15) is 0 Å². The van der Waals surface area contributed by atoms with Gasteiger partial charge in [0.25, 0.3) is 0 Å². The minimum absolute atomic E-state index is 0.177. The lowest BCUT2D eigenvalue weighted by Crippen LogP contribution is -2.11. The Kier molecular flexibility index (Phi) is 16.7. The van der Waals surface area contributed by atoms with E-state index >= 15 is 0 Å². The summed E-state index contributed by atoms with van der Waals surface area (Å²) in [6, 6.07) is 41.0. The minimum atomic E-state index is -4.36. The number of benzene rings is 6. The van der Waals surface area contributed by atoms with Crippen LogP contribution in [0.3, 0.4) is 0 Å².